The average molecular weight is 188 g/mol. The zero-order chi connectivity index (χ0) is 7.28. The fraction of sp³-hybridized carbons (Fsp3) is 0.286. The molecule has 0 spiro atoms. The van der Waals surface area contributed by atoms with Crippen LogP contribution >= 0.6 is 15.9 Å². The first kappa shape index (κ1) is 8.63. The fourth-order valence-corrected chi connectivity index (χ4v) is 0.705. The topological polar surface area (TPSA) is 12.4 Å². The molecule has 0 heterocycles. The molecule has 0 aromatic heterocycles. The molecular formula is C7H10BrN. The van der Waals surface area contributed by atoms with Crippen molar-refractivity contribution in [3.8, 4) is 0 Å². The van der Waals surface area contributed by atoms with Gasteiger partial charge in [-0.3, -0.25) is 4.99 Å². The van der Waals surface area contributed by atoms with Crippen molar-refractivity contribution in [3.05, 3.63) is 22.8 Å². The van der Waals surface area contributed by atoms with Gasteiger partial charge in [0.15, 0.2) is 0 Å². The van der Waals surface area contributed by atoms with Gasteiger partial charge < -0.3 is 0 Å². The summed E-state index contributed by atoms with van der Waals surface area (Å²) in [5.74, 6) is 0. The Morgan fingerprint density at radius 2 is 2.33 bits per heavy atom. The van der Waals surface area contributed by atoms with Gasteiger partial charge in [0.1, 0.15) is 0 Å². The molecule has 9 heavy (non-hydrogen) atoms. The lowest BCUT2D eigenvalue weighted by molar-refractivity contribution is 1.07. The zero-order valence-electron chi connectivity index (χ0n) is 5.52. The van der Waals surface area contributed by atoms with Gasteiger partial charge in [0, 0.05) is 10.2 Å². The normalized spacial score (nSPS) is 11.1. The molecule has 0 aliphatic carbocycles. The predicted molar refractivity (Wildman–Crippen MR) is 46.0 cm³/mol. The molecule has 0 fully saturated rings. The van der Waals surface area contributed by atoms with Crippen LogP contribution in [0.2, 0.25) is 0 Å². The highest BCUT2D eigenvalue weighted by atomic mass is 79.9. The van der Waals surface area contributed by atoms with E-state index in [2.05, 4.69) is 34.2 Å². The smallest absolute Gasteiger partial charge is 0.0404 e. The molecule has 0 aliphatic heterocycles. The largest absolute Gasteiger partial charge is 0.269 e. The number of halogens is 1. The quantitative estimate of drug-likeness (QED) is 0.477. The van der Waals surface area contributed by atoms with Gasteiger partial charge in [0.05, 0.1) is 0 Å². The number of aliphatic imine (C=N–C) groups is 1. The van der Waals surface area contributed by atoms with Crippen LogP contribution < -0.4 is 0 Å². The molecule has 0 aromatic rings. The molecule has 0 rings (SSSR count). The van der Waals surface area contributed by atoms with Crippen LogP contribution in [0.1, 0.15) is 13.3 Å². The van der Waals surface area contributed by atoms with Gasteiger partial charge in [-0.05, 0) is 19.2 Å². The van der Waals surface area contributed by atoms with E-state index in [1.54, 1.807) is 0 Å². The monoisotopic (exact) mass is 187 g/mol. The van der Waals surface area contributed by atoms with Crippen molar-refractivity contribution in [2.24, 2.45) is 4.99 Å². The minimum Gasteiger partial charge on any atom is -0.269 e. The van der Waals surface area contributed by atoms with Gasteiger partial charge in [0.25, 0.3) is 0 Å². The Kier molecular flexibility index (Phi) is 4.32. The van der Waals surface area contributed by atoms with Crippen molar-refractivity contribution < 1.29 is 0 Å². The molecule has 0 aromatic carbocycles. The van der Waals surface area contributed by atoms with Gasteiger partial charge in [0.2, 0.25) is 0 Å². The fourth-order valence-electron chi connectivity index (χ4n) is 0.440. The SMILES string of the molecule is C=N/C(=C\C(=C)Br)CC. The second kappa shape index (κ2) is 4.50. The van der Waals surface area contributed by atoms with Crippen LogP contribution in [-0.4, -0.2) is 6.72 Å². The van der Waals surface area contributed by atoms with E-state index in [1.165, 1.54) is 0 Å². The molecule has 0 bridgehead atoms. The number of hydrogen-bond acceptors (Lipinski definition) is 1. The third-order valence-electron chi connectivity index (χ3n) is 0.889. The highest BCUT2D eigenvalue weighted by molar-refractivity contribution is 9.11. The molecule has 1 nitrogen and oxygen atoms in total. The lowest BCUT2D eigenvalue weighted by Gasteiger charge is -1.92. The molecule has 0 saturated carbocycles. The van der Waals surface area contributed by atoms with Crippen LogP contribution in [0.4, 0.5) is 0 Å². The molecule has 0 saturated heterocycles. The van der Waals surface area contributed by atoms with Crippen molar-refractivity contribution >= 4 is 22.6 Å². The van der Waals surface area contributed by atoms with Gasteiger partial charge in [-0.15, -0.1) is 0 Å². The number of allylic oxidation sites excluding steroid dienone is 3. The van der Waals surface area contributed by atoms with Gasteiger partial charge >= 0.3 is 0 Å². The Morgan fingerprint density at radius 1 is 1.78 bits per heavy atom. The Morgan fingerprint density at radius 3 is 2.44 bits per heavy atom. The molecule has 0 unspecified atom stereocenters. The van der Waals surface area contributed by atoms with Crippen molar-refractivity contribution in [2.75, 3.05) is 0 Å². The van der Waals surface area contributed by atoms with E-state index in [1.807, 2.05) is 13.0 Å². The first-order chi connectivity index (χ1) is 4.20. The first-order valence-electron chi connectivity index (χ1n) is 2.72. The first-order valence-corrected chi connectivity index (χ1v) is 3.51. The summed E-state index contributed by atoms with van der Waals surface area (Å²) in [6.45, 7) is 9.07. The van der Waals surface area contributed by atoms with Crippen LogP contribution in [-0.2, 0) is 0 Å². The molecule has 0 amide bonds. The summed E-state index contributed by atoms with van der Waals surface area (Å²) in [5, 5.41) is 0. The molecule has 0 aliphatic rings. The Labute approximate surface area is 64.3 Å². The summed E-state index contributed by atoms with van der Waals surface area (Å²) < 4.78 is 0.840. The van der Waals surface area contributed by atoms with Crippen LogP contribution in [0.15, 0.2) is 27.8 Å². The number of hydrogen-bond donors (Lipinski definition) is 0. The summed E-state index contributed by atoms with van der Waals surface area (Å²) >= 11 is 3.20. The standard InChI is InChI=1S/C7H10BrN/c1-4-7(9-3)5-6(2)8/h5H,2-4H2,1H3/b7-5-. The van der Waals surface area contributed by atoms with Crippen LogP contribution in [0.25, 0.3) is 0 Å². The van der Waals surface area contributed by atoms with E-state index in [4.69, 9.17) is 0 Å². The minimum absolute atomic E-state index is 0.840. The second-order valence-electron chi connectivity index (χ2n) is 1.59. The maximum absolute atomic E-state index is 3.77. The minimum atomic E-state index is 0.840. The highest BCUT2D eigenvalue weighted by Crippen LogP contribution is 2.09. The van der Waals surface area contributed by atoms with E-state index in [9.17, 15) is 0 Å². The van der Waals surface area contributed by atoms with Gasteiger partial charge in [-0.2, -0.15) is 0 Å². The summed E-state index contributed by atoms with van der Waals surface area (Å²) in [7, 11) is 0. The highest BCUT2D eigenvalue weighted by Gasteiger charge is 1.86. The molecule has 0 N–H and O–H groups in total. The Hall–Kier alpha value is -0.370. The summed E-state index contributed by atoms with van der Waals surface area (Å²) in [6, 6.07) is 0. The lowest BCUT2D eigenvalue weighted by atomic mass is 10.3. The van der Waals surface area contributed by atoms with E-state index < -0.39 is 0 Å². The molecular weight excluding hydrogens is 178 g/mol. The third kappa shape index (κ3) is 4.15. The van der Waals surface area contributed by atoms with Crippen LogP contribution in [0, 0.1) is 0 Å². The molecule has 2 heteroatoms. The van der Waals surface area contributed by atoms with Crippen molar-refractivity contribution in [1.82, 2.24) is 0 Å². The molecule has 50 valence electrons. The number of nitrogens with zero attached hydrogens (tertiary/aromatic N) is 1. The summed E-state index contributed by atoms with van der Waals surface area (Å²) in [4.78, 5) is 3.77. The van der Waals surface area contributed by atoms with E-state index in [0.717, 1.165) is 16.6 Å². The van der Waals surface area contributed by atoms with Crippen molar-refractivity contribution in [3.63, 3.8) is 0 Å². The Balaban J connectivity index is 4.07. The molecule has 0 radical (unpaired) electrons. The van der Waals surface area contributed by atoms with E-state index >= 15 is 0 Å². The van der Waals surface area contributed by atoms with E-state index in [-0.39, 0.29) is 0 Å². The maximum Gasteiger partial charge on any atom is 0.0404 e. The van der Waals surface area contributed by atoms with E-state index in [0.29, 0.717) is 0 Å². The number of rotatable bonds is 3. The lowest BCUT2D eigenvalue weighted by Crippen LogP contribution is -1.72. The van der Waals surface area contributed by atoms with Crippen LogP contribution in [0.3, 0.4) is 0 Å². The summed E-state index contributed by atoms with van der Waals surface area (Å²) in [6.07, 6.45) is 2.75. The zero-order valence-corrected chi connectivity index (χ0v) is 7.11. The second-order valence-corrected chi connectivity index (χ2v) is 2.61. The van der Waals surface area contributed by atoms with Gasteiger partial charge in [-0.1, -0.05) is 29.4 Å². The third-order valence-corrected chi connectivity index (χ3v) is 1.12. The predicted octanol–water partition coefficient (Wildman–Crippen LogP) is 2.89. The van der Waals surface area contributed by atoms with Crippen molar-refractivity contribution in [2.45, 2.75) is 13.3 Å². The molecule has 0 atom stereocenters. The van der Waals surface area contributed by atoms with Gasteiger partial charge in [-0.25, -0.2) is 0 Å². The Bertz CT molecular complexity index is 147. The van der Waals surface area contributed by atoms with Crippen LogP contribution in [0.5, 0.6) is 0 Å². The van der Waals surface area contributed by atoms with Crippen molar-refractivity contribution in [1.29, 1.82) is 0 Å². The maximum atomic E-state index is 3.77. The summed E-state index contributed by atoms with van der Waals surface area (Å²) in [5.41, 5.74) is 0.955. The average Bonchev–Trinajstić information content (AvgIpc) is 1.82.